The largest absolute Gasteiger partial charge is 0.395 e. The number of hydrogen-bond donors (Lipinski definition) is 2. The van der Waals surface area contributed by atoms with Crippen molar-refractivity contribution in [1.29, 1.82) is 0 Å². The van der Waals surface area contributed by atoms with Crippen LogP contribution in [0, 0.1) is 5.92 Å². The van der Waals surface area contributed by atoms with E-state index in [1.165, 1.54) is 0 Å². The smallest absolute Gasteiger partial charge is 0.212 e. The van der Waals surface area contributed by atoms with Crippen molar-refractivity contribution in [3.63, 3.8) is 0 Å². The molecule has 5 heteroatoms. The lowest BCUT2D eigenvalue weighted by Crippen LogP contribution is -2.40. The average Bonchev–Trinajstić information content (AvgIpc) is 2.37. The van der Waals surface area contributed by atoms with Crippen molar-refractivity contribution in [2.75, 3.05) is 12.4 Å². The van der Waals surface area contributed by atoms with Crippen molar-refractivity contribution in [2.24, 2.45) is 5.92 Å². The molecule has 0 saturated carbocycles. The molecule has 1 aromatic rings. The van der Waals surface area contributed by atoms with Gasteiger partial charge in [-0.1, -0.05) is 51.1 Å². The van der Waals surface area contributed by atoms with Gasteiger partial charge in [-0.05, 0) is 23.8 Å². The van der Waals surface area contributed by atoms with Crippen LogP contribution in [0.5, 0.6) is 0 Å². The van der Waals surface area contributed by atoms with E-state index >= 15 is 0 Å². The van der Waals surface area contributed by atoms with Crippen LogP contribution in [-0.4, -0.2) is 31.9 Å². The van der Waals surface area contributed by atoms with Gasteiger partial charge in [-0.15, -0.1) is 0 Å². The fourth-order valence-corrected chi connectivity index (χ4v) is 3.86. The van der Waals surface area contributed by atoms with Gasteiger partial charge in [0.05, 0.1) is 12.4 Å². The highest BCUT2D eigenvalue weighted by Crippen LogP contribution is 2.17. The number of rotatable bonds is 8. The Morgan fingerprint density at radius 2 is 1.75 bits per heavy atom. The summed E-state index contributed by atoms with van der Waals surface area (Å²) in [5.74, 6) is 0.291. The number of aliphatic hydroxyl groups is 1. The van der Waals surface area contributed by atoms with Crippen LogP contribution in [0.15, 0.2) is 30.3 Å². The van der Waals surface area contributed by atoms with Crippen molar-refractivity contribution in [3.05, 3.63) is 35.9 Å². The van der Waals surface area contributed by atoms with E-state index in [2.05, 4.69) is 4.72 Å². The van der Waals surface area contributed by atoms with Crippen LogP contribution in [-0.2, 0) is 10.0 Å². The number of sulfonamides is 1. The molecule has 0 aliphatic carbocycles. The number of aliphatic hydroxyl groups excluding tert-OH is 1. The third kappa shape index (κ3) is 6.03. The Balaban J connectivity index is 2.65. The third-order valence-electron chi connectivity index (χ3n) is 3.16. The van der Waals surface area contributed by atoms with Crippen molar-refractivity contribution < 1.29 is 13.5 Å². The third-order valence-corrected chi connectivity index (χ3v) is 4.79. The fraction of sp³-hybridized carbons (Fsp3) is 0.600. The van der Waals surface area contributed by atoms with E-state index in [1.807, 2.05) is 51.1 Å². The van der Waals surface area contributed by atoms with Gasteiger partial charge in [-0.25, -0.2) is 13.1 Å². The maximum absolute atomic E-state index is 12.1. The molecule has 1 rings (SSSR count). The minimum absolute atomic E-state index is 0.0333. The Labute approximate surface area is 122 Å². The van der Waals surface area contributed by atoms with Crippen molar-refractivity contribution in [2.45, 2.75) is 39.2 Å². The molecule has 20 heavy (non-hydrogen) atoms. The number of nitrogens with one attached hydrogen (secondary N) is 1. The van der Waals surface area contributed by atoms with E-state index in [9.17, 15) is 13.5 Å². The second-order valence-electron chi connectivity index (χ2n) is 5.72. The van der Waals surface area contributed by atoms with Crippen molar-refractivity contribution in [3.8, 4) is 0 Å². The predicted molar refractivity (Wildman–Crippen MR) is 82.1 cm³/mol. The minimum atomic E-state index is -3.40. The molecule has 0 heterocycles. The van der Waals surface area contributed by atoms with Crippen LogP contribution in [0.4, 0.5) is 0 Å². The van der Waals surface area contributed by atoms with Crippen molar-refractivity contribution >= 4 is 10.0 Å². The lowest BCUT2D eigenvalue weighted by molar-refractivity contribution is 0.240. The molecule has 4 nitrogen and oxygen atoms in total. The molecule has 0 aliphatic rings. The molecule has 0 bridgehead atoms. The second kappa shape index (κ2) is 7.76. The molecular weight excluding hydrogens is 274 g/mol. The molecule has 0 saturated heterocycles. The van der Waals surface area contributed by atoms with Gasteiger partial charge in [0, 0.05) is 6.04 Å². The van der Waals surface area contributed by atoms with Gasteiger partial charge in [0.15, 0.2) is 0 Å². The molecule has 114 valence electrons. The number of hydrogen-bond acceptors (Lipinski definition) is 3. The monoisotopic (exact) mass is 299 g/mol. The highest BCUT2D eigenvalue weighted by atomic mass is 32.2. The molecule has 0 fully saturated rings. The van der Waals surface area contributed by atoms with Crippen LogP contribution < -0.4 is 4.72 Å². The first-order chi connectivity index (χ1) is 9.34. The fourth-order valence-electron chi connectivity index (χ4n) is 2.24. The summed E-state index contributed by atoms with van der Waals surface area (Å²) in [5, 5.41) is 9.26. The summed E-state index contributed by atoms with van der Waals surface area (Å²) in [6.45, 7) is 5.73. The highest BCUT2D eigenvalue weighted by Gasteiger charge is 2.21. The Kier molecular flexibility index (Phi) is 6.65. The Morgan fingerprint density at radius 3 is 2.25 bits per heavy atom. The van der Waals surface area contributed by atoms with Gasteiger partial charge in [0.25, 0.3) is 0 Å². The first kappa shape index (κ1) is 17.1. The zero-order chi connectivity index (χ0) is 15.2. The van der Waals surface area contributed by atoms with Gasteiger partial charge >= 0.3 is 0 Å². The van der Waals surface area contributed by atoms with Gasteiger partial charge < -0.3 is 5.11 Å². The summed E-state index contributed by atoms with van der Waals surface area (Å²) in [7, 11) is -3.40. The van der Waals surface area contributed by atoms with E-state index in [4.69, 9.17) is 0 Å². The summed E-state index contributed by atoms with van der Waals surface area (Å²) in [4.78, 5) is 0. The molecule has 2 atom stereocenters. The van der Waals surface area contributed by atoms with Gasteiger partial charge in [-0.2, -0.15) is 0 Å². The maximum Gasteiger partial charge on any atom is 0.212 e. The standard InChI is InChI=1S/C15H25NO3S/c1-12(2)9-15(10-17)16-20(18,19)11-13(3)14-7-5-4-6-8-14/h4-8,12-13,15-17H,9-11H2,1-3H3. The highest BCUT2D eigenvalue weighted by molar-refractivity contribution is 7.89. The van der Waals surface area contributed by atoms with Crippen LogP contribution in [0.25, 0.3) is 0 Å². The molecular formula is C15H25NO3S. The molecule has 0 aromatic heterocycles. The summed E-state index contributed by atoms with van der Waals surface area (Å²) < 4.78 is 26.9. The summed E-state index contributed by atoms with van der Waals surface area (Å²) in [5.41, 5.74) is 1.00. The lowest BCUT2D eigenvalue weighted by atomic mass is 10.0. The van der Waals surface area contributed by atoms with E-state index < -0.39 is 16.1 Å². The Morgan fingerprint density at radius 1 is 1.15 bits per heavy atom. The topological polar surface area (TPSA) is 66.4 Å². The zero-order valence-corrected chi connectivity index (χ0v) is 13.2. The molecule has 2 unspecified atom stereocenters. The summed E-state index contributed by atoms with van der Waals surface area (Å²) in [6.07, 6.45) is 0.634. The Bertz CT molecular complexity index is 485. The second-order valence-corrected chi connectivity index (χ2v) is 7.52. The lowest BCUT2D eigenvalue weighted by Gasteiger charge is -2.20. The molecule has 0 amide bonds. The molecule has 0 radical (unpaired) electrons. The quantitative estimate of drug-likeness (QED) is 0.772. The van der Waals surface area contributed by atoms with Gasteiger partial charge in [0.1, 0.15) is 0 Å². The van der Waals surface area contributed by atoms with E-state index in [1.54, 1.807) is 0 Å². The molecule has 0 spiro atoms. The summed E-state index contributed by atoms with van der Waals surface area (Å²) in [6, 6.07) is 9.17. The SMILES string of the molecule is CC(C)CC(CO)NS(=O)(=O)CC(C)c1ccccc1. The van der Waals surface area contributed by atoms with Gasteiger partial charge in [-0.3, -0.25) is 0 Å². The van der Waals surface area contributed by atoms with Crippen molar-refractivity contribution in [1.82, 2.24) is 4.72 Å². The van der Waals surface area contributed by atoms with E-state index in [0.29, 0.717) is 12.3 Å². The predicted octanol–water partition coefficient (Wildman–Crippen LogP) is 2.12. The maximum atomic E-state index is 12.1. The normalized spacial score (nSPS) is 15.2. The molecule has 1 aromatic carbocycles. The first-order valence-corrected chi connectivity index (χ1v) is 8.65. The van der Waals surface area contributed by atoms with Crippen LogP contribution in [0.3, 0.4) is 0 Å². The van der Waals surface area contributed by atoms with Crippen LogP contribution >= 0.6 is 0 Å². The van der Waals surface area contributed by atoms with E-state index in [-0.39, 0.29) is 18.3 Å². The van der Waals surface area contributed by atoms with E-state index in [0.717, 1.165) is 5.56 Å². The zero-order valence-electron chi connectivity index (χ0n) is 12.4. The van der Waals surface area contributed by atoms with Crippen LogP contribution in [0.2, 0.25) is 0 Å². The average molecular weight is 299 g/mol. The van der Waals surface area contributed by atoms with Gasteiger partial charge in [0.2, 0.25) is 10.0 Å². The Hall–Kier alpha value is -0.910. The molecule has 2 N–H and O–H groups in total. The minimum Gasteiger partial charge on any atom is -0.395 e. The number of benzene rings is 1. The summed E-state index contributed by atoms with van der Waals surface area (Å²) >= 11 is 0. The molecule has 0 aliphatic heterocycles. The first-order valence-electron chi connectivity index (χ1n) is 7.00. The van der Waals surface area contributed by atoms with Crippen LogP contribution in [0.1, 0.15) is 38.7 Å².